The zero-order valence-electron chi connectivity index (χ0n) is 19.1. The Bertz CT molecular complexity index is 1010. The molecular formula is C19H30N5O7P. The second-order valence-electron chi connectivity index (χ2n) is 9.14. The number of aromatic nitrogens is 4. The molecule has 12 nitrogen and oxygen atoms in total. The van der Waals surface area contributed by atoms with Gasteiger partial charge in [0.1, 0.15) is 12.7 Å². The molecule has 0 radical (unpaired) electrons. The van der Waals surface area contributed by atoms with Crippen molar-refractivity contribution in [2.24, 2.45) is 10.8 Å². The number of fused-ring (bicyclic) bond motifs is 1. The molecule has 2 rings (SSSR count). The molecule has 0 aromatic carbocycles. The number of nitrogens with zero attached hydrogens (tertiary/aromatic N) is 4. The van der Waals surface area contributed by atoms with Gasteiger partial charge in [-0.1, -0.05) is 20.8 Å². The number of esters is 1. The molecule has 0 saturated heterocycles. The molecule has 2 aromatic heterocycles. The van der Waals surface area contributed by atoms with E-state index in [1.54, 1.807) is 46.1 Å². The van der Waals surface area contributed by atoms with Crippen LogP contribution in [0, 0.1) is 10.8 Å². The van der Waals surface area contributed by atoms with Crippen molar-refractivity contribution in [3.63, 3.8) is 0 Å². The molecule has 1 amide bonds. The molecule has 0 aliphatic rings. The number of ether oxygens (including phenoxy) is 2. The van der Waals surface area contributed by atoms with Crippen molar-refractivity contribution in [3.8, 4) is 0 Å². The predicted octanol–water partition coefficient (Wildman–Crippen LogP) is 2.53. The summed E-state index contributed by atoms with van der Waals surface area (Å²) in [6.07, 6.45) is 2.25. The summed E-state index contributed by atoms with van der Waals surface area (Å²) in [5, 5.41) is 2.74. The van der Waals surface area contributed by atoms with Gasteiger partial charge in [0.05, 0.1) is 18.3 Å². The standard InChI is InChI=1S/C19H30N5O7P/c1-18(2,3)16(25)23-14-13-15(21-9-20-14)24(10-22-13)7-8-29-12-32(27,28)31-11-30-17(26)19(4,5)6/h9-10H,7-8,11-12H2,1-6H3,(H,27,28)(H,20,21,23,25). The van der Waals surface area contributed by atoms with E-state index in [2.05, 4.69) is 20.3 Å². The van der Waals surface area contributed by atoms with E-state index in [0.717, 1.165) is 0 Å². The fourth-order valence-electron chi connectivity index (χ4n) is 2.19. The Morgan fingerprint density at radius 1 is 1.12 bits per heavy atom. The lowest BCUT2D eigenvalue weighted by Crippen LogP contribution is -2.28. The van der Waals surface area contributed by atoms with Gasteiger partial charge < -0.3 is 24.3 Å². The van der Waals surface area contributed by atoms with Gasteiger partial charge in [-0.25, -0.2) is 15.0 Å². The molecule has 1 atom stereocenters. The van der Waals surface area contributed by atoms with E-state index in [0.29, 0.717) is 17.0 Å². The molecule has 0 fully saturated rings. The maximum absolute atomic E-state index is 12.2. The van der Waals surface area contributed by atoms with Crippen LogP contribution in [0.5, 0.6) is 0 Å². The molecule has 0 bridgehead atoms. The normalized spacial score (nSPS) is 14.2. The molecule has 2 N–H and O–H groups in total. The topological polar surface area (TPSA) is 155 Å². The van der Waals surface area contributed by atoms with Gasteiger partial charge in [0, 0.05) is 12.0 Å². The highest BCUT2D eigenvalue weighted by molar-refractivity contribution is 7.52. The molecule has 13 heteroatoms. The minimum Gasteiger partial charge on any atom is -0.438 e. The predicted molar refractivity (Wildman–Crippen MR) is 116 cm³/mol. The molecule has 0 spiro atoms. The maximum atomic E-state index is 12.2. The van der Waals surface area contributed by atoms with Gasteiger partial charge in [-0.3, -0.25) is 18.7 Å². The Morgan fingerprint density at radius 2 is 1.81 bits per heavy atom. The molecule has 2 aromatic rings. The van der Waals surface area contributed by atoms with E-state index < -0.39 is 37.5 Å². The first kappa shape index (κ1) is 25.9. The molecular weight excluding hydrogens is 441 g/mol. The number of nitrogens with one attached hydrogen (secondary N) is 1. The zero-order valence-corrected chi connectivity index (χ0v) is 20.0. The lowest BCUT2D eigenvalue weighted by molar-refractivity contribution is -0.160. The minimum atomic E-state index is -4.09. The lowest BCUT2D eigenvalue weighted by atomic mass is 9.96. The van der Waals surface area contributed by atoms with E-state index in [1.807, 2.05) is 0 Å². The highest BCUT2D eigenvalue weighted by Gasteiger charge is 2.26. The first-order valence-corrected chi connectivity index (χ1v) is 11.7. The number of hydrogen-bond acceptors (Lipinski definition) is 9. The third-order valence-electron chi connectivity index (χ3n) is 4.10. The summed E-state index contributed by atoms with van der Waals surface area (Å²) < 4.78 is 28.4. The molecule has 0 saturated carbocycles. The third kappa shape index (κ3) is 7.33. The van der Waals surface area contributed by atoms with Gasteiger partial charge in [0.25, 0.3) is 0 Å². The number of rotatable bonds is 9. The lowest BCUT2D eigenvalue weighted by Gasteiger charge is -2.18. The monoisotopic (exact) mass is 471 g/mol. The summed E-state index contributed by atoms with van der Waals surface area (Å²) in [5.74, 6) is -0.458. The van der Waals surface area contributed by atoms with Crippen molar-refractivity contribution >= 4 is 36.5 Å². The van der Waals surface area contributed by atoms with E-state index in [-0.39, 0.29) is 19.1 Å². The van der Waals surface area contributed by atoms with Crippen LogP contribution in [0.2, 0.25) is 0 Å². The second kappa shape index (κ2) is 10.0. The highest BCUT2D eigenvalue weighted by Crippen LogP contribution is 2.41. The number of carbonyl (C=O) groups is 2. The maximum Gasteiger partial charge on any atom is 0.356 e. The minimum absolute atomic E-state index is 0.0643. The summed E-state index contributed by atoms with van der Waals surface area (Å²) in [4.78, 5) is 46.2. The van der Waals surface area contributed by atoms with E-state index in [4.69, 9.17) is 14.0 Å². The Kier molecular flexibility index (Phi) is 8.11. The smallest absolute Gasteiger partial charge is 0.356 e. The number of hydrogen-bond donors (Lipinski definition) is 2. The van der Waals surface area contributed by atoms with Crippen LogP contribution in [0.1, 0.15) is 41.5 Å². The van der Waals surface area contributed by atoms with Crippen LogP contribution in [-0.4, -0.2) is 56.0 Å². The highest BCUT2D eigenvalue weighted by atomic mass is 31.2. The van der Waals surface area contributed by atoms with E-state index in [9.17, 15) is 19.0 Å². The van der Waals surface area contributed by atoms with Crippen molar-refractivity contribution in [3.05, 3.63) is 12.7 Å². The van der Waals surface area contributed by atoms with Gasteiger partial charge in [-0.05, 0) is 20.8 Å². The first-order valence-electron chi connectivity index (χ1n) is 9.89. The third-order valence-corrected chi connectivity index (χ3v) is 5.12. The van der Waals surface area contributed by atoms with Gasteiger partial charge >= 0.3 is 13.6 Å². The Labute approximate surface area is 186 Å². The Morgan fingerprint density at radius 3 is 2.44 bits per heavy atom. The average molecular weight is 471 g/mol. The van der Waals surface area contributed by atoms with Crippen LogP contribution in [-0.2, 0) is 34.7 Å². The largest absolute Gasteiger partial charge is 0.438 e. The summed E-state index contributed by atoms with van der Waals surface area (Å²) >= 11 is 0. The van der Waals surface area contributed by atoms with Crippen LogP contribution in [0.3, 0.4) is 0 Å². The Hall–Kier alpha value is -2.40. The summed E-state index contributed by atoms with van der Waals surface area (Å²) in [6.45, 7) is 10.0. The van der Waals surface area contributed by atoms with Crippen LogP contribution in [0.4, 0.5) is 5.82 Å². The van der Waals surface area contributed by atoms with Crippen molar-refractivity contribution < 1.29 is 33.0 Å². The summed E-state index contributed by atoms with van der Waals surface area (Å²) in [5.41, 5.74) is -0.447. The number of carbonyl (C=O) groups excluding carboxylic acids is 2. The fourth-order valence-corrected chi connectivity index (χ4v) is 2.84. The van der Waals surface area contributed by atoms with Crippen LogP contribution in [0.25, 0.3) is 11.2 Å². The number of imidazole rings is 1. The van der Waals surface area contributed by atoms with Crippen molar-refractivity contribution in [1.29, 1.82) is 0 Å². The zero-order chi connectivity index (χ0) is 24.2. The van der Waals surface area contributed by atoms with Gasteiger partial charge in [0.2, 0.25) is 12.7 Å². The number of amides is 1. The molecule has 32 heavy (non-hydrogen) atoms. The average Bonchev–Trinajstić information content (AvgIpc) is 3.07. The van der Waals surface area contributed by atoms with Crippen LogP contribution < -0.4 is 5.32 Å². The van der Waals surface area contributed by atoms with Crippen LogP contribution >= 0.6 is 7.60 Å². The van der Waals surface area contributed by atoms with Crippen LogP contribution in [0.15, 0.2) is 12.7 Å². The first-order chi connectivity index (χ1) is 14.7. The second-order valence-corrected chi connectivity index (χ2v) is 10.9. The number of anilines is 1. The summed E-state index contributed by atoms with van der Waals surface area (Å²) in [7, 11) is -4.09. The van der Waals surface area contributed by atoms with Crippen molar-refractivity contribution in [2.45, 2.75) is 48.1 Å². The Balaban J connectivity index is 1.87. The van der Waals surface area contributed by atoms with E-state index in [1.165, 1.54) is 12.7 Å². The quantitative estimate of drug-likeness (QED) is 0.241. The SMILES string of the molecule is CC(C)(C)C(=O)Nc1ncnc2c1ncn2CCOCP(=O)(O)OCOC(=O)C(C)(C)C. The summed E-state index contributed by atoms with van der Waals surface area (Å²) in [6, 6.07) is 0. The molecule has 0 aliphatic heterocycles. The molecule has 0 aliphatic carbocycles. The molecule has 178 valence electrons. The van der Waals surface area contributed by atoms with Gasteiger partial charge in [0.15, 0.2) is 17.0 Å². The molecule has 2 heterocycles. The van der Waals surface area contributed by atoms with Gasteiger partial charge in [-0.2, -0.15) is 0 Å². The molecule has 1 unspecified atom stereocenters. The fraction of sp³-hybridized carbons (Fsp3) is 0.632. The van der Waals surface area contributed by atoms with E-state index >= 15 is 0 Å². The van der Waals surface area contributed by atoms with Crippen molar-refractivity contribution in [1.82, 2.24) is 19.5 Å². The van der Waals surface area contributed by atoms with Crippen molar-refractivity contribution in [2.75, 3.05) is 25.1 Å². The van der Waals surface area contributed by atoms with Gasteiger partial charge in [-0.15, -0.1) is 0 Å².